The topological polar surface area (TPSA) is 94.8 Å². The van der Waals surface area contributed by atoms with E-state index in [0.717, 1.165) is 12.2 Å². The van der Waals surface area contributed by atoms with Gasteiger partial charge in [-0.2, -0.15) is 0 Å². The van der Waals surface area contributed by atoms with E-state index in [1.807, 2.05) is 0 Å². The van der Waals surface area contributed by atoms with Gasteiger partial charge in [0.1, 0.15) is 5.75 Å². The van der Waals surface area contributed by atoms with E-state index >= 15 is 0 Å². The number of phenolic OH excluding ortho intramolecular Hbond substituents is 1. The number of hydrogen-bond acceptors (Lipinski definition) is 3. The van der Waals surface area contributed by atoms with Gasteiger partial charge in [0, 0.05) is 12.2 Å². The van der Waals surface area contributed by atoms with Crippen LogP contribution in [-0.2, 0) is 9.59 Å². The van der Waals surface area contributed by atoms with Crippen molar-refractivity contribution in [1.82, 2.24) is 0 Å². The van der Waals surface area contributed by atoms with Gasteiger partial charge in [0.15, 0.2) is 0 Å². The summed E-state index contributed by atoms with van der Waals surface area (Å²) in [6.45, 7) is 0. The van der Waals surface area contributed by atoms with Crippen LogP contribution in [0.5, 0.6) is 5.75 Å². The molecule has 88 valence electrons. The van der Waals surface area contributed by atoms with Gasteiger partial charge in [-0.3, -0.25) is 0 Å². The normalized spacial score (nSPS) is 11.1. The molecule has 0 amide bonds. The number of benzene rings is 1. The van der Waals surface area contributed by atoms with Crippen LogP contribution >= 0.6 is 0 Å². The minimum atomic E-state index is -1.10. The van der Waals surface area contributed by atoms with Gasteiger partial charge in [0.2, 0.25) is 0 Å². The highest BCUT2D eigenvalue weighted by molar-refractivity contribution is 5.87. The zero-order valence-corrected chi connectivity index (χ0v) is 8.70. The Balaban J connectivity index is 3.02. The van der Waals surface area contributed by atoms with Crippen molar-refractivity contribution in [1.29, 1.82) is 0 Å². The van der Waals surface area contributed by atoms with Gasteiger partial charge in [0.25, 0.3) is 0 Å². The SMILES string of the molecule is O=C(O)/C=C/c1cc(O)cc(/C=C/C(=O)O)c1. The van der Waals surface area contributed by atoms with Crippen molar-refractivity contribution < 1.29 is 24.9 Å². The zero-order chi connectivity index (χ0) is 12.8. The molecule has 0 saturated heterocycles. The zero-order valence-electron chi connectivity index (χ0n) is 8.70. The van der Waals surface area contributed by atoms with Crippen LogP contribution in [0.3, 0.4) is 0 Å². The first-order valence-electron chi connectivity index (χ1n) is 4.63. The lowest BCUT2D eigenvalue weighted by atomic mass is 10.1. The molecule has 0 heterocycles. The summed E-state index contributed by atoms with van der Waals surface area (Å²) in [7, 11) is 0. The summed E-state index contributed by atoms with van der Waals surface area (Å²) in [5.74, 6) is -2.27. The molecule has 1 aromatic carbocycles. The molecule has 0 aliphatic carbocycles. The van der Waals surface area contributed by atoms with Crippen LogP contribution in [0.4, 0.5) is 0 Å². The lowest BCUT2D eigenvalue weighted by Crippen LogP contribution is -1.87. The van der Waals surface area contributed by atoms with Crippen molar-refractivity contribution in [3.63, 3.8) is 0 Å². The third-order valence-electron chi connectivity index (χ3n) is 1.80. The monoisotopic (exact) mass is 234 g/mol. The summed E-state index contributed by atoms with van der Waals surface area (Å²) in [6.07, 6.45) is 4.47. The Labute approximate surface area is 96.9 Å². The van der Waals surface area contributed by atoms with E-state index in [-0.39, 0.29) is 5.75 Å². The summed E-state index contributed by atoms with van der Waals surface area (Å²) in [5.41, 5.74) is 0.940. The molecule has 0 spiro atoms. The van der Waals surface area contributed by atoms with E-state index in [0.29, 0.717) is 11.1 Å². The summed E-state index contributed by atoms with van der Waals surface area (Å²) in [6, 6.07) is 4.30. The van der Waals surface area contributed by atoms with Crippen LogP contribution in [0.2, 0.25) is 0 Å². The van der Waals surface area contributed by atoms with Crippen LogP contribution in [0.15, 0.2) is 30.4 Å². The fourth-order valence-electron chi connectivity index (χ4n) is 1.19. The predicted molar refractivity (Wildman–Crippen MR) is 61.4 cm³/mol. The van der Waals surface area contributed by atoms with Crippen LogP contribution < -0.4 is 0 Å². The lowest BCUT2D eigenvalue weighted by Gasteiger charge is -1.99. The molecule has 0 aliphatic heterocycles. The molecule has 0 aromatic heterocycles. The molecule has 1 aromatic rings. The maximum atomic E-state index is 10.3. The average Bonchev–Trinajstić information content (AvgIpc) is 2.23. The predicted octanol–water partition coefficient (Wildman–Crippen LogP) is 1.59. The Kier molecular flexibility index (Phi) is 4.05. The first kappa shape index (κ1) is 12.5. The van der Waals surface area contributed by atoms with E-state index in [4.69, 9.17) is 10.2 Å². The third-order valence-corrected chi connectivity index (χ3v) is 1.80. The maximum absolute atomic E-state index is 10.3. The Bertz CT molecular complexity index is 457. The number of aromatic hydroxyl groups is 1. The lowest BCUT2D eigenvalue weighted by molar-refractivity contribution is -0.132. The number of hydrogen-bond donors (Lipinski definition) is 3. The first-order valence-corrected chi connectivity index (χ1v) is 4.63. The molecule has 5 heteroatoms. The molecule has 0 bridgehead atoms. The van der Waals surface area contributed by atoms with Crippen molar-refractivity contribution >= 4 is 24.1 Å². The van der Waals surface area contributed by atoms with Gasteiger partial charge in [-0.15, -0.1) is 0 Å². The number of rotatable bonds is 4. The van der Waals surface area contributed by atoms with E-state index in [2.05, 4.69) is 0 Å². The minimum Gasteiger partial charge on any atom is -0.508 e. The van der Waals surface area contributed by atoms with Crippen molar-refractivity contribution in [3.8, 4) is 5.75 Å². The molecule has 0 atom stereocenters. The van der Waals surface area contributed by atoms with Crippen LogP contribution in [0.25, 0.3) is 12.2 Å². The summed E-state index contributed by atoms with van der Waals surface area (Å²) >= 11 is 0. The molecule has 0 radical (unpaired) electrons. The number of carbonyl (C=O) groups is 2. The van der Waals surface area contributed by atoms with Gasteiger partial charge in [-0.25, -0.2) is 9.59 Å². The molecule has 3 N–H and O–H groups in total. The fourth-order valence-corrected chi connectivity index (χ4v) is 1.19. The second-order valence-electron chi connectivity index (χ2n) is 3.20. The fraction of sp³-hybridized carbons (Fsp3) is 0. The second-order valence-corrected chi connectivity index (χ2v) is 3.20. The standard InChI is InChI=1S/C12H10O5/c13-10-6-8(1-3-11(14)15)5-9(7-10)2-4-12(16)17/h1-7,13H,(H,14,15)(H,16,17)/b3-1+,4-2+. The summed E-state index contributed by atoms with van der Waals surface area (Å²) in [4.78, 5) is 20.6. The van der Waals surface area contributed by atoms with Gasteiger partial charge >= 0.3 is 11.9 Å². The molecule has 17 heavy (non-hydrogen) atoms. The van der Waals surface area contributed by atoms with Crippen LogP contribution in [0.1, 0.15) is 11.1 Å². The van der Waals surface area contributed by atoms with Gasteiger partial charge in [-0.1, -0.05) is 0 Å². The van der Waals surface area contributed by atoms with E-state index < -0.39 is 11.9 Å². The Morgan fingerprint density at radius 2 is 1.29 bits per heavy atom. The van der Waals surface area contributed by atoms with Gasteiger partial charge in [0.05, 0.1) is 0 Å². The second kappa shape index (κ2) is 5.50. The Hall–Kier alpha value is -2.56. The van der Waals surface area contributed by atoms with Gasteiger partial charge in [-0.05, 0) is 41.5 Å². The quantitative estimate of drug-likeness (QED) is 0.687. The average molecular weight is 234 g/mol. The van der Waals surface area contributed by atoms with Crippen molar-refractivity contribution in [3.05, 3.63) is 41.5 Å². The summed E-state index contributed by atoms with van der Waals surface area (Å²) in [5, 5.41) is 26.3. The number of aliphatic carboxylic acids is 2. The largest absolute Gasteiger partial charge is 0.508 e. The van der Waals surface area contributed by atoms with Crippen molar-refractivity contribution in [2.24, 2.45) is 0 Å². The van der Waals surface area contributed by atoms with Crippen molar-refractivity contribution in [2.75, 3.05) is 0 Å². The van der Waals surface area contributed by atoms with Crippen LogP contribution in [0, 0.1) is 0 Å². The molecular weight excluding hydrogens is 224 g/mol. The highest BCUT2D eigenvalue weighted by Gasteiger charge is 1.97. The van der Waals surface area contributed by atoms with E-state index in [1.165, 1.54) is 24.3 Å². The molecule has 0 saturated carbocycles. The molecule has 5 nitrogen and oxygen atoms in total. The summed E-state index contributed by atoms with van der Waals surface area (Å²) < 4.78 is 0. The Morgan fingerprint density at radius 1 is 0.882 bits per heavy atom. The molecule has 0 unspecified atom stereocenters. The van der Waals surface area contributed by atoms with Gasteiger partial charge < -0.3 is 15.3 Å². The first-order chi connectivity index (χ1) is 7.97. The van der Waals surface area contributed by atoms with Crippen LogP contribution in [-0.4, -0.2) is 27.3 Å². The molecule has 0 aliphatic rings. The highest BCUT2D eigenvalue weighted by Crippen LogP contribution is 2.18. The number of carboxylic acids is 2. The maximum Gasteiger partial charge on any atom is 0.328 e. The third kappa shape index (κ3) is 4.65. The molecular formula is C12H10O5. The van der Waals surface area contributed by atoms with E-state index in [1.54, 1.807) is 6.07 Å². The van der Waals surface area contributed by atoms with Crippen molar-refractivity contribution in [2.45, 2.75) is 0 Å². The van der Waals surface area contributed by atoms with E-state index in [9.17, 15) is 14.7 Å². The Morgan fingerprint density at radius 3 is 1.65 bits per heavy atom. The molecule has 1 rings (SSSR count). The molecule has 0 fully saturated rings. The highest BCUT2D eigenvalue weighted by atomic mass is 16.4. The minimum absolute atomic E-state index is 0.0671. The number of phenols is 1. The number of carboxylic acid groups (broad SMARTS) is 2. The smallest absolute Gasteiger partial charge is 0.328 e.